The number of hydrogen-bond acceptors (Lipinski definition) is 3. The van der Waals surface area contributed by atoms with Crippen LogP contribution in [0.15, 0.2) is 48.5 Å². The van der Waals surface area contributed by atoms with Crippen LogP contribution in [0.2, 0.25) is 0 Å². The summed E-state index contributed by atoms with van der Waals surface area (Å²) in [5.41, 5.74) is 2.30. The number of aromatic carboxylic acids is 1. The molecule has 0 spiro atoms. The zero-order valence-corrected chi connectivity index (χ0v) is 13.2. The highest BCUT2D eigenvalue weighted by molar-refractivity contribution is 5.90. The largest absolute Gasteiger partial charge is 0.491 e. The molecule has 1 fully saturated rings. The minimum absolute atomic E-state index is 0.190. The molecule has 0 radical (unpaired) electrons. The maximum Gasteiger partial charge on any atom is 0.339 e. The molecule has 0 saturated heterocycles. The lowest BCUT2D eigenvalue weighted by Gasteiger charge is -2.12. The summed E-state index contributed by atoms with van der Waals surface area (Å²) in [6.45, 7) is 1.06. The van der Waals surface area contributed by atoms with Crippen molar-refractivity contribution in [2.75, 3.05) is 6.61 Å². The van der Waals surface area contributed by atoms with Gasteiger partial charge in [-0.15, -0.1) is 0 Å². The van der Waals surface area contributed by atoms with Gasteiger partial charge in [0.15, 0.2) is 0 Å². The second kappa shape index (κ2) is 6.00. The molecule has 1 heterocycles. The number of imidazole rings is 1. The number of hydrogen-bond donors (Lipinski definition) is 1. The van der Waals surface area contributed by atoms with E-state index in [1.165, 1.54) is 12.8 Å². The van der Waals surface area contributed by atoms with Gasteiger partial charge >= 0.3 is 5.97 Å². The number of para-hydroxylation sites is 3. The summed E-state index contributed by atoms with van der Waals surface area (Å²) in [6, 6.07) is 14.8. The molecule has 1 saturated carbocycles. The molecule has 0 aliphatic heterocycles. The molecule has 1 aliphatic carbocycles. The van der Waals surface area contributed by atoms with Gasteiger partial charge in [0, 0.05) is 5.92 Å². The van der Waals surface area contributed by atoms with Crippen LogP contribution < -0.4 is 4.74 Å². The first-order chi connectivity index (χ1) is 11.7. The summed E-state index contributed by atoms with van der Waals surface area (Å²) in [4.78, 5) is 16.0. The summed E-state index contributed by atoms with van der Waals surface area (Å²) >= 11 is 0. The lowest BCUT2D eigenvalue weighted by atomic mass is 10.2. The second-order valence-electron chi connectivity index (χ2n) is 6.03. The molecule has 0 amide bonds. The highest BCUT2D eigenvalue weighted by atomic mass is 16.5. The van der Waals surface area contributed by atoms with E-state index in [2.05, 4.69) is 10.6 Å². The van der Waals surface area contributed by atoms with Gasteiger partial charge in [-0.25, -0.2) is 9.78 Å². The Bertz CT molecular complexity index is 897. The van der Waals surface area contributed by atoms with Crippen LogP contribution >= 0.6 is 0 Å². The zero-order valence-electron chi connectivity index (χ0n) is 13.2. The third-order valence-corrected chi connectivity index (χ3v) is 4.32. The molecule has 5 heteroatoms. The highest BCUT2D eigenvalue weighted by Gasteiger charge is 2.29. The van der Waals surface area contributed by atoms with Gasteiger partial charge in [0.1, 0.15) is 23.7 Å². The number of ether oxygens (including phenoxy) is 1. The molecule has 2 aromatic carbocycles. The maximum atomic E-state index is 11.2. The Hall–Kier alpha value is -2.82. The number of carboxylic acid groups (broad SMARTS) is 1. The van der Waals surface area contributed by atoms with Crippen molar-refractivity contribution in [1.29, 1.82) is 0 Å². The highest BCUT2D eigenvalue weighted by Crippen LogP contribution is 2.40. The molecule has 4 rings (SSSR count). The molecule has 3 aromatic rings. The van der Waals surface area contributed by atoms with Crippen LogP contribution in [0.3, 0.4) is 0 Å². The van der Waals surface area contributed by atoms with Gasteiger partial charge in [0.25, 0.3) is 0 Å². The lowest BCUT2D eigenvalue weighted by Crippen LogP contribution is -2.12. The normalized spacial score (nSPS) is 14.0. The van der Waals surface area contributed by atoms with Gasteiger partial charge in [0.05, 0.1) is 17.6 Å². The fourth-order valence-corrected chi connectivity index (χ4v) is 3.00. The maximum absolute atomic E-state index is 11.2. The Morgan fingerprint density at radius 2 is 1.92 bits per heavy atom. The van der Waals surface area contributed by atoms with Crippen molar-refractivity contribution in [3.05, 3.63) is 59.9 Å². The van der Waals surface area contributed by atoms with Gasteiger partial charge in [-0.2, -0.15) is 0 Å². The summed E-state index contributed by atoms with van der Waals surface area (Å²) in [5.74, 6) is 1.09. The van der Waals surface area contributed by atoms with E-state index in [9.17, 15) is 9.90 Å². The van der Waals surface area contributed by atoms with E-state index in [1.807, 2.05) is 18.2 Å². The van der Waals surface area contributed by atoms with Crippen molar-refractivity contribution in [2.24, 2.45) is 0 Å². The molecular weight excluding hydrogens is 304 g/mol. The van der Waals surface area contributed by atoms with Crippen LogP contribution in [0, 0.1) is 0 Å². The van der Waals surface area contributed by atoms with Crippen LogP contribution in [0.1, 0.15) is 34.9 Å². The number of carbonyl (C=O) groups is 1. The van der Waals surface area contributed by atoms with Crippen LogP contribution in [0.25, 0.3) is 11.0 Å². The first kappa shape index (κ1) is 14.8. The molecule has 1 N–H and O–H groups in total. The van der Waals surface area contributed by atoms with E-state index in [4.69, 9.17) is 9.72 Å². The Labute approximate surface area is 139 Å². The fourth-order valence-electron chi connectivity index (χ4n) is 3.00. The van der Waals surface area contributed by atoms with Gasteiger partial charge < -0.3 is 14.4 Å². The molecule has 0 unspecified atom stereocenters. The number of nitrogens with zero attached hydrogens (tertiary/aromatic N) is 2. The Morgan fingerprint density at radius 3 is 2.71 bits per heavy atom. The van der Waals surface area contributed by atoms with E-state index in [0.29, 0.717) is 24.8 Å². The molecule has 5 nitrogen and oxygen atoms in total. The summed E-state index contributed by atoms with van der Waals surface area (Å²) in [7, 11) is 0. The van der Waals surface area contributed by atoms with Crippen molar-refractivity contribution in [1.82, 2.24) is 9.55 Å². The third kappa shape index (κ3) is 2.73. The van der Waals surface area contributed by atoms with Gasteiger partial charge in [-0.1, -0.05) is 24.3 Å². The summed E-state index contributed by atoms with van der Waals surface area (Å²) < 4.78 is 7.95. The van der Waals surface area contributed by atoms with E-state index in [1.54, 1.807) is 24.3 Å². The van der Waals surface area contributed by atoms with Crippen LogP contribution in [-0.4, -0.2) is 27.2 Å². The van der Waals surface area contributed by atoms with E-state index in [0.717, 1.165) is 16.9 Å². The van der Waals surface area contributed by atoms with Gasteiger partial charge in [-0.3, -0.25) is 0 Å². The minimum atomic E-state index is -0.975. The molecule has 0 bridgehead atoms. The molecule has 0 atom stereocenters. The standard InChI is InChI=1S/C19H18N2O3/c22-19(23)14-5-1-4-8-17(14)24-12-11-21-16-7-3-2-6-15(16)20-18(21)13-9-10-13/h1-8,13H,9-12H2,(H,22,23). The van der Waals surface area contributed by atoms with Gasteiger partial charge in [0.2, 0.25) is 0 Å². The monoisotopic (exact) mass is 322 g/mol. The third-order valence-electron chi connectivity index (χ3n) is 4.32. The topological polar surface area (TPSA) is 64.3 Å². The SMILES string of the molecule is O=C(O)c1ccccc1OCCn1c(C2CC2)nc2ccccc21. The van der Waals surface area contributed by atoms with Crippen molar-refractivity contribution in [3.63, 3.8) is 0 Å². The van der Waals surface area contributed by atoms with Crippen molar-refractivity contribution >= 4 is 17.0 Å². The summed E-state index contributed by atoms with van der Waals surface area (Å²) in [5, 5.41) is 9.22. The summed E-state index contributed by atoms with van der Waals surface area (Å²) in [6.07, 6.45) is 2.37. The smallest absolute Gasteiger partial charge is 0.339 e. The Kier molecular flexibility index (Phi) is 3.69. The number of carboxylic acids is 1. The van der Waals surface area contributed by atoms with Crippen molar-refractivity contribution in [3.8, 4) is 5.75 Å². The van der Waals surface area contributed by atoms with Crippen LogP contribution in [0.4, 0.5) is 0 Å². The van der Waals surface area contributed by atoms with Crippen molar-refractivity contribution < 1.29 is 14.6 Å². The average Bonchev–Trinajstić information content (AvgIpc) is 3.38. The predicted molar refractivity (Wildman–Crippen MR) is 90.6 cm³/mol. The fraction of sp³-hybridized carbons (Fsp3) is 0.263. The van der Waals surface area contributed by atoms with E-state index >= 15 is 0 Å². The zero-order chi connectivity index (χ0) is 16.5. The Balaban J connectivity index is 1.55. The number of fused-ring (bicyclic) bond motifs is 1. The average molecular weight is 322 g/mol. The molecule has 1 aliphatic rings. The number of benzene rings is 2. The predicted octanol–water partition coefficient (Wildman–Crippen LogP) is 3.69. The molecular formula is C19H18N2O3. The van der Waals surface area contributed by atoms with E-state index in [-0.39, 0.29) is 5.56 Å². The Morgan fingerprint density at radius 1 is 1.17 bits per heavy atom. The molecule has 1 aromatic heterocycles. The van der Waals surface area contributed by atoms with E-state index < -0.39 is 5.97 Å². The lowest BCUT2D eigenvalue weighted by molar-refractivity contribution is 0.0692. The molecule has 24 heavy (non-hydrogen) atoms. The number of aromatic nitrogens is 2. The van der Waals surface area contributed by atoms with Gasteiger partial charge in [-0.05, 0) is 37.1 Å². The number of rotatable bonds is 6. The first-order valence-corrected chi connectivity index (χ1v) is 8.14. The van der Waals surface area contributed by atoms with Crippen LogP contribution in [0.5, 0.6) is 5.75 Å². The second-order valence-corrected chi connectivity index (χ2v) is 6.03. The quantitative estimate of drug-likeness (QED) is 0.752. The minimum Gasteiger partial charge on any atom is -0.491 e. The van der Waals surface area contributed by atoms with Crippen LogP contribution in [-0.2, 0) is 6.54 Å². The van der Waals surface area contributed by atoms with Crippen molar-refractivity contribution in [2.45, 2.75) is 25.3 Å². The molecule has 122 valence electrons. The first-order valence-electron chi connectivity index (χ1n) is 8.14.